The van der Waals surface area contributed by atoms with E-state index >= 15 is 0 Å². The molecule has 4 rings (SSSR count). The maximum Gasteiger partial charge on any atom is 0.229 e. The molecule has 1 aromatic carbocycles. The minimum atomic E-state index is -0.0165. The molecule has 142 valence electrons. The molecule has 2 aromatic rings. The summed E-state index contributed by atoms with van der Waals surface area (Å²) in [5.74, 6) is 1.56. The lowest BCUT2D eigenvalue weighted by Gasteiger charge is -2.23. The van der Waals surface area contributed by atoms with Gasteiger partial charge in [-0.05, 0) is 75.0 Å². The van der Waals surface area contributed by atoms with Crippen molar-refractivity contribution >= 4 is 17.4 Å². The van der Waals surface area contributed by atoms with Gasteiger partial charge in [-0.2, -0.15) is 5.10 Å². The number of anilines is 2. The molecule has 2 fully saturated rings. The number of nitrogens with zero attached hydrogens (tertiary/aromatic N) is 3. The van der Waals surface area contributed by atoms with Crippen molar-refractivity contribution in [2.45, 2.75) is 32.1 Å². The number of piperidine rings is 1. The van der Waals surface area contributed by atoms with Gasteiger partial charge in [0, 0.05) is 18.8 Å². The molecule has 6 heteroatoms. The Kier molecular flexibility index (Phi) is 5.34. The fourth-order valence-corrected chi connectivity index (χ4v) is 3.98. The predicted octanol–water partition coefficient (Wildman–Crippen LogP) is 2.72. The molecule has 2 aliphatic rings. The van der Waals surface area contributed by atoms with E-state index in [1.165, 1.54) is 18.4 Å². The van der Waals surface area contributed by atoms with Crippen molar-refractivity contribution < 1.29 is 4.79 Å². The number of aromatic nitrogens is 2. The highest BCUT2D eigenvalue weighted by atomic mass is 16.1. The van der Waals surface area contributed by atoms with Gasteiger partial charge < -0.3 is 15.5 Å². The van der Waals surface area contributed by atoms with E-state index in [9.17, 15) is 4.79 Å². The first-order valence-electron chi connectivity index (χ1n) is 9.86. The van der Waals surface area contributed by atoms with Crippen molar-refractivity contribution in [1.82, 2.24) is 15.5 Å². The van der Waals surface area contributed by atoms with Crippen LogP contribution in [0.15, 0.2) is 36.4 Å². The van der Waals surface area contributed by atoms with Crippen molar-refractivity contribution in [1.29, 1.82) is 0 Å². The number of carbonyl (C=O) groups is 1. The van der Waals surface area contributed by atoms with Gasteiger partial charge in [0.25, 0.3) is 0 Å². The van der Waals surface area contributed by atoms with Gasteiger partial charge in [0.15, 0.2) is 5.82 Å². The number of nitrogens with one attached hydrogen (secondary N) is 2. The fraction of sp³-hybridized carbons (Fsp3) is 0.476. The SMILES string of the molecule is Cc1ccc(N2CCC(C(=O)Nc3ccc(C4CCNCC4)cc3)C2)nn1. The number of carbonyl (C=O) groups excluding carboxylic acids is 1. The zero-order valence-electron chi connectivity index (χ0n) is 15.8. The van der Waals surface area contributed by atoms with Crippen LogP contribution in [0.5, 0.6) is 0 Å². The van der Waals surface area contributed by atoms with Crippen molar-refractivity contribution in [2.75, 3.05) is 36.4 Å². The molecule has 0 saturated carbocycles. The Bertz CT molecular complexity index is 768. The third-order valence-electron chi connectivity index (χ3n) is 5.66. The van der Waals surface area contributed by atoms with Gasteiger partial charge >= 0.3 is 0 Å². The van der Waals surface area contributed by atoms with E-state index in [2.05, 4.69) is 37.9 Å². The van der Waals surface area contributed by atoms with Crippen LogP contribution < -0.4 is 15.5 Å². The van der Waals surface area contributed by atoms with E-state index in [-0.39, 0.29) is 11.8 Å². The lowest BCUT2D eigenvalue weighted by atomic mass is 9.90. The molecule has 0 bridgehead atoms. The highest BCUT2D eigenvalue weighted by Gasteiger charge is 2.29. The van der Waals surface area contributed by atoms with Gasteiger partial charge in [-0.1, -0.05) is 12.1 Å². The molecule has 2 N–H and O–H groups in total. The molecule has 0 spiro atoms. The maximum absolute atomic E-state index is 12.7. The number of amides is 1. The zero-order valence-corrected chi connectivity index (χ0v) is 15.8. The Morgan fingerprint density at radius 3 is 2.56 bits per heavy atom. The second-order valence-corrected chi connectivity index (χ2v) is 7.60. The Morgan fingerprint density at radius 1 is 1.07 bits per heavy atom. The van der Waals surface area contributed by atoms with Crippen LogP contribution >= 0.6 is 0 Å². The Morgan fingerprint density at radius 2 is 1.85 bits per heavy atom. The highest BCUT2D eigenvalue weighted by molar-refractivity contribution is 5.93. The molecule has 1 aromatic heterocycles. The summed E-state index contributed by atoms with van der Waals surface area (Å²) in [7, 11) is 0. The number of hydrogen-bond acceptors (Lipinski definition) is 5. The summed E-state index contributed by atoms with van der Waals surface area (Å²) < 4.78 is 0. The van der Waals surface area contributed by atoms with Gasteiger partial charge in [0.1, 0.15) is 0 Å². The third kappa shape index (κ3) is 4.27. The smallest absolute Gasteiger partial charge is 0.229 e. The van der Waals surface area contributed by atoms with E-state index in [0.29, 0.717) is 12.5 Å². The molecule has 27 heavy (non-hydrogen) atoms. The molecule has 6 nitrogen and oxygen atoms in total. The molecule has 0 radical (unpaired) electrons. The van der Waals surface area contributed by atoms with Gasteiger partial charge in [-0.25, -0.2) is 0 Å². The summed E-state index contributed by atoms with van der Waals surface area (Å²) in [5, 5.41) is 14.8. The van der Waals surface area contributed by atoms with E-state index in [0.717, 1.165) is 43.3 Å². The summed E-state index contributed by atoms with van der Waals surface area (Å²) in [6.45, 7) is 5.63. The predicted molar refractivity (Wildman–Crippen MR) is 107 cm³/mol. The standard InChI is InChI=1S/C21H27N5O/c1-15-2-7-20(25-24-15)26-13-10-18(14-26)21(27)23-19-5-3-16(4-6-19)17-8-11-22-12-9-17/h2-7,17-18,22H,8-14H2,1H3,(H,23,27). The summed E-state index contributed by atoms with van der Waals surface area (Å²) in [6, 6.07) is 12.3. The van der Waals surface area contributed by atoms with E-state index < -0.39 is 0 Å². The molecule has 1 amide bonds. The van der Waals surface area contributed by atoms with Crippen LogP contribution in [0.1, 0.15) is 36.4 Å². The molecule has 3 heterocycles. The summed E-state index contributed by atoms with van der Waals surface area (Å²) in [5.41, 5.74) is 3.16. The van der Waals surface area contributed by atoms with Gasteiger partial charge in [0.05, 0.1) is 11.6 Å². The minimum absolute atomic E-state index is 0.0165. The van der Waals surface area contributed by atoms with E-state index in [4.69, 9.17) is 0 Å². The van der Waals surface area contributed by atoms with E-state index in [1.54, 1.807) is 0 Å². The summed E-state index contributed by atoms with van der Waals surface area (Å²) in [6.07, 6.45) is 3.21. The normalized spacial score (nSPS) is 20.6. The largest absolute Gasteiger partial charge is 0.354 e. The minimum Gasteiger partial charge on any atom is -0.354 e. The van der Waals surface area contributed by atoms with Gasteiger partial charge in [0.2, 0.25) is 5.91 Å². The van der Waals surface area contributed by atoms with Crippen molar-refractivity contribution in [3.63, 3.8) is 0 Å². The molecular weight excluding hydrogens is 338 g/mol. The fourth-order valence-electron chi connectivity index (χ4n) is 3.98. The maximum atomic E-state index is 12.7. The average Bonchev–Trinajstić information content (AvgIpc) is 3.20. The number of rotatable bonds is 4. The molecule has 1 atom stereocenters. The number of hydrogen-bond donors (Lipinski definition) is 2. The lowest BCUT2D eigenvalue weighted by Crippen LogP contribution is -2.27. The second-order valence-electron chi connectivity index (χ2n) is 7.60. The molecule has 0 aliphatic carbocycles. The van der Waals surface area contributed by atoms with Crippen molar-refractivity contribution in [3.8, 4) is 0 Å². The average molecular weight is 365 g/mol. The number of aryl methyl sites for hydroxylation is 1. The topological polar surface area (TPSA) is 70.2 Å². The van der Waals surface area contributed by atoms with Crippen LogP contribution in [0.3, 0.4) is 0 Å². The number of benzene rings is 1. The molecule has 2 aliphatic heterocycles. The summed E-state index contributed by atoms with van der Waals surface area (Å²) >= 11 is 0. The first kappa shape index (κ1) is 17.9. The first-order chi connectivity index (χ1) is 13.2. The highest BCUT2D eigenvalue weighted by Crippen LogP contribution is 2.27. The molecular formula is C21H27N5O. The lowest BCUT2D eigenvalue weighted by molar-refractivity contribution is -0.119. The monoisotopic (exact) mass is 365 g/mol. The first-order valence-corrected chi connectivity index (χ1v) is 9.86. The quantitative estimate of drug-likeness (QED) is 0.872. The van der Waals surface area contributed by atoms with Crippen LogP contribution in [0.4, 0.5) is 11.5 Å². The van der Waals surface area contributed by atoms with Crippen LogP contribution in [-0.2, 0) is 4.79 Å². The second kappa shape index (κ2) is 8.05. The Labute approximate surface area is 160 Å². The van der Waals surface area contributed by atoms with Crippen LogP contribution in [0, 0.1) is 12.8 Å². The zero-order chi connectivity index (χ0) is 18.6. The third-order valence-corrected chi connectivity index (χ3v) is 5.66. The van der Waals surface area contributed by atoms with Crippen LogP contribution in [0.2, 0.25) is 0 Å². The molecule has 1 unspecified atom stereocenters. The van der Waals surface area contributed by atoms with Crippen molar-refractivity contribution in [3.05, 3.63) is 47.7 Å². The Balaban J connectivity index is 1.33. The summed E-state index contributed by atoms with van der Waals surface area (Å²) in [4.78, 5) is 14.8. The van der Waals surface area contributed by atoms with E-state index in [1.807, 2.05) is 31.2 Å². The van der Waals surface area contributed by atoms with Crippen LogP contribution in [0.25, 0.3) is 0 Å². The van der Waals surface area contributed by atoms with Gasteiger partial charge in [-0.3, -0.25) is 4.79 Å². The van der Waals surface area contributed by atoms with Crippen molar-refractivity contribution in [2.24, 2.45) is 5.92 Å². The molecule has 2 saturated heterocycles. The van der Waals surface area contributed by atoms with Gasteiger partial charge in [-0.15, -0.1) is 5.10 Å². The Hall–Kier alpha value is -2.47. The van der Waals surface area contributed by atoms with Crippen LogP contribution in [-0.4, -0.2) is 42.3 Å².